The third-order valence-corrected chi connectivity index (χ3v) is 7.36. The summed E-state index contributed by atoms with van der Waals surface area (Å²) in [7, 11) is 0. The molecule has 2 amide bonds. The first kappa shape index (κ1) is 18.3. The maximum atomic E-state index is 13.0. The normalized spacial score (nSPS) is 36.5. The van der Waals surface area contributed by atoms with E-state index in [1.54, 1.807) is 0 Å². The zero-order chi connectivity index (χ0) is 18.5. The molecule has 0 aromatic rings. The summed E-state index contributed by atoms with van der Waals surface area (Å²) in [5.74, 6) is 3.31. The molecule has 5 aliphatic rings. The van der Waals surface area contributed by atoms with Crippen molar-refractivity contribution in [2.24, 2.45) is 28.6 Å². The highest BCUT2D eigenvalue weighted by molar-refractivity contribution is 5.79. The summed E-state index contributed by atoms with van der Waals surface area (Å²) in [6, 6.07) is 0. The van der Waals surface area contributed by atoms with Gasteiger partial charge in [0.2, 0.25) is 11.8 Å². The maximum absolute atomic E-state index is 13.0. The zero-order valence-electron chi connectivity index (χ0n) is 16.9. The molecule has 1 heterocycles. The quantitative estimate of drug-likeness (QED) is 0.770. The van der Waals surface area contributed by atoms with Gasteiger partial charge in [-0.1, -0.05) is 20.8 Å². The Balaban J connectivity index is 1.30. The van der Waals surface area contributed by atoms with E-state index in [1.807, 2.05) is 9.80 Å². The molecule has 0 N–H and O–H groups in total. The Kier molecular flexibility index (Phi) is 4.60. The van der Waals surface area contributed by atoms with Crippen molar-refractivity contribution in [1.29, 1.82) is 0 Å². The second-order valence-electron chi connectivity index (χ2n) is 11.1. The van der Waals surface area contributed by atoms with Crippen LogP contribution in [0.1, 0.15) is 72.1 Å². The van der Waals surface area contributed by atoms with Gasteiger partial charge in [-0.05, 0) is 67.1 Å². The van der Waals surface area contributed by atoms with Gasteiger partial charge in [-0.15, -0.1) is 0 Å². The lowest BCUT2D eigenvalue weighted by atomic mass is 9.49. The van der Waals surface area contributed by atoms with Crippen molar-refractivity contribution in [2.45, 2.75) is 72.1 Å². The van der Waals surface area contributed by atoms with Crippen LogP contribution >= 0.6 is 0 Å². The van der Waals surface area contributed by atoms with E-state index in [9.17, 15) is 9.59 Å². The van der Waals surface area contributed by atoms with Gasteiger partial charge in [-0.25, -0.2) is 0 Å². The molecule has 4 bridgehead atoms. The predicted molar refractivity (Wildman–Crippen MR) is 102 cm³/mol. The lowest BCUT2D eigenvalue weighted by molar-refractivity contribution is -0.145. The van der Waals surface area contributed by atoms with Gasteiger partial charge in [0.1, 0.15) is 0 Å². The maximum Gasteiger partial charge on any atom is 0.223 e. The van der Waals surface area contributed by atoms with Crippen molar-refractivity contribution in [3.63, 3.8) is 0 Å². The van der Waals surface area contributed by atoms with Crippen LogP contribution in [0, 0.1) is 28.6 Å². The van der Waals surface area contributed by atoms with Crippen molar-refractivity contribution < 1.29 is 9.59 Å². The lowest BCUT2D eigenvalue weighted by Crippen LogP contribution is -2.53. The number of amides is 2. The highest BCUT2D eigenvalue weighted by atomic mass is 16.2. The number of nitrogens with zero attached hydrogens (tertiary/aromatic N) is 2. The molecule has 4 heteroatoms. The third-order valence-electron chi connectivity index (χ3n) is 7.36. The highest BCUT2D eigenvalue weighted by Crippen LogP contribution is 2.61. The molecule has 1 aliphatic heterocycles. The molecule has 5 rings (SSSR count). The van der Waals surface area contributed by atoms with E-state index in [0.29, 0.717) is 30.8 Å². The number of piperazine rings is 1. The molecule has 4 nitrogen and oxygen atoms in total. The van der Waals surface area contributed by atoms with Gasteiger partial charge < -0.3 is 9.80 Å². The van der Waals surface area contributed by atoms with Crippen LogP contribution in [0.5, 0.6) is 0 Å². The Morgan fingerprint density at radius 2 is 1.23 bits per heavy atom. The molecule has 0 aromatic carbocycles. The zero-order valence-corrected chi connectivity index (χ0v) is 16.9. The summed E-state index contributed by atoms with van der Waals surface area (Å²) in [6.07, 6.45) is 9.56. The highest BCUT2D eigenvalue weighted by Gasteiger charge is 2.51. The van der Waals surface area contributed by atoms with E-state index in [4.69, 9.17) is 0 Å². The van der Waals surface area contributed by atoms with Crippen LogP contribution < -0.4 is 0 Å². The Morgan fingerprint density at radius 3 is 1.65 bits per heavy atom. The van der Waals surface area contributed by atoms with Crippen molar-refractivity contribution >= 4 is 11.8 Å². The molecular formula is C22H36N2O2. The van der Waals surface area contributed by atoms with Crippen LogP contribution in [0.15, 0.2) is 0 Å². The monoisotopic (exact) mass is 360 g/mol. The molecule has 0 aromatic heterocycles. The number of carbonyl (C=O) groups excluding carboxylic acids is 2. The van der Waals surface area contributed by atoms with Crippen molar-refractivity contribution in [3.05, 3.63) is 0 Å². The van der Waals surface area contributed by atoms with Crippen LogP contribution in [0.25, 0.3) is 0 Å². The molecule has 0 spiro atoms. The third kappa shape index (κ3) is 3.80. The molecule has 4 saturated carbocycles. The summed E-state index contributed by atoms with van der Waals surface area (Å²) in [6.45, 7) is 9.19. The molecular weight excluding hydrogens is 324 g/mol. The van der Waals surface area contributed by atoms with Gasteiger partial charge in [0.15, 0.2) is 0 Å². The Labute approximate surface area is 158 Å². The molecule has 5 fully saturated rings. The molecule has 4 aliphatic carbocycles. The van der Waals surface area contributed by atoms with Gasteiger partial charge in [0, 0.05) is 39.0 Å². The van der Waals surface area contributed by atoms with E-state index >= 15 is 0 Å². The van der Waals surface area contributed by atoms with Crippen molar-refractivity contribution in [2.75, 3.05) is 26.2 Å². The SMILES string of the molecule is CC(C)(C)CC(=O)N1CCN(C(=O)CC23CC4CC(CC(C4)C2)C3)CC1. The van der Waals surface area contributed by atoms with Gasteiger partial charge in [0.05, 0.1) is 0 Å². The Hall–Kier alpha value is -1.06. The van der Waals surface area contributed by atoms with E-state index in [0.717, 1.165) is 37.3 Å². The van der Waals surface area contributed by atoms with E-state index in [-0.39, 0.29) is 11.3 Å². The van der Waals surface area contributed by atoms with Crippen LogP contribution in [0.4, 0.5) is 0 Å². The van der Waals surface area contributed by atoms with Crippen LogP contribution in [-0.2, 0) is 9.59 Å². The van der Waals surface area contributed by atoms with Gasteiger partial charge >= 0.3 is 0 Å². The second-order valence-corrected chi connectivity index (χ2v) is 11.1. The van der Waals surface area contributed by atoms with Crippen LogP contribution in [0.2, 0.25) is 0 Å². The molecule has 0 atom stereocenters. The molecule has 0 unspecified atom stereocenters. The standard InChI is InChI=1S/C22H36N2O2/c1-21(2,3)14-19(25)23-4-6-24(7-5-23)20(26)15-22-11-16-8-17(12-22)10-18(9-16)13-22/h16-18H,4-15H2,1-3H3. The number of hydrogen-bond acceptors (Lipinski definition) is 2. The first-order valence-electron chi connectivity index (χ1n) is 10.8. The summed E-state index contributed by atoms with van der Waals surface area (Å²) < 4.78 is 0. The van der Waals surface area contributed by atoms with E-state index in [2.05, 4.69) is 20.8 Å². The summed E-state index contributed by atoms with van der Waals surface area (Å²) in [5, 5.41) is 0. The number of carbonyl (C=O) groups is 2. The summed E-state index contributed by atoms with van der Waals surface area (Å²) in [4.78, 5) is 29.4. The Bertz CT molecular complexity index is 534. The van der Waals surface area contributed by atoms with Gasteiger partial charge in [0.25, 0.3) is 0 Å². The lowest BCUT2D eigenvalue weighted by Gasteiger charge is -2.57. The second kappa shape index (κ2) is 6.53. The Morgan fingerprint density at radius 1 is 0.808 bits per heavy atom. The van der Waals surface area contributed by atoms with Crippen LogP contribution in [0.3, 0.4) is 0 Å². The van der Waals surface area contributed by atoms with Crippen molar-refractivity contribution in [3.8, 4) is 0 Å². The minimum atomic E-state index is 0.0303. The summed E-state index contributed by atoms with van der Waals surface area (Å²) >= 11 is 0. The fourth-order valence-electron chi connectivity index (χ4n) is 6.71. The minimum absolute atomic E-state index is 0.0303. The smallest absolute Gasteiger partial charge is 0.223 e. The number of rotatable bonds is 3. The van der Waals surface area contributed by atoms with E-state index < -0.39 is 0 Å². The molecule has 146 valence electrons. The van der Waals surface area contributed by atoms with Gasteiger partial charge in [-0.3, -0.25) is 9.59 Å². The average Bonchev–Trinajstić information content (AvgIpc) is 2.51. The largest absolute Gasteiger partial charge is 0.339 e. The fourth-order valence-corrected chi connectivity index (χ4v) is 6.71. The summed E-state index contributed by atoms with van der Waals surface area (Å²) in [5.41, 5.74) is 0.355. The van der Waals surface area contributed by atoms with E-state index in [1.165, 1.54) is 38.5 Å². The topological polar surface area (TPSA) is 40.6 Å². The predicted octanol–water partition coefficient (Wildman–Crippen LogP) is 3.70. The van der Waals surface area contributed by atoms with Crippen LogP contribution in [-0.4, -0.2) is 47.8 Å². The first-order chi connectivity index (χ1) is 12.2. The average molecular weight is 361 g/mol. The molecule has 0 radical (unpaired) electrons. The minimum Gasteiger partial charge on any atom is -0.339 e. The molecule has 26 heavy (non-hydrogen) atoms. The number of hydrogen-bond donors (Lipinski definition) is 0. The fraction of sp³-hybridized carbons (Fsp3) is 0.909. The molecule has 1 saturated heterocycles. The first-order valence-corrected chi connectivity index (χ1v) is 10.8. The van der Waals surface area contributed by atoms with Crippen molar-refractivity contribution in [1.82, 2.24) is 9.80 Å². The van der Waals surface area contributed by atoms with Gasteiger partial charge in [-0.2, -0.15) is 0 Å².